The third-order valence-corrected chi connectivity index (χ3v) is 5.38. The van der Waals surface area contributed by atoms with Crippen LogP contribution in [0.15, 0.2) is 30.3 Å². The second-order valence-electron chi connectivity index (χ2n) is 6.94. The molecular formula is C17H20N8O3. The summed E-state index contributed by atoms with van der Waals surface area (Å²) in [5.74, 6) is -0.421. The van der Waals surface area contributed by atoms with Crippen molar-refractivity contribution in [2.45, 2.75) is 31.5 Å². The predicted octanol–water partition coefficient (Wildman–Crippen LogP) is -0.631. The van der Waals surface area contributed by atoms with Crippen molar-refractivity contribution in [1.82, 2.24) is 35.3 Å². The number of nitrogens with two attached hydrogens (primary N) is 1. The SMILES string of the molecule is Nc1nnnn1CC(=O)N1CCC2(CC1)C(=O)NC(=O)N2Cc1ccccc1. The summed E-state index contributed by atoms with van der Waals surface area (Å²) in [5.41, 5.74) is 5.61. The van der Waals surface area contributed by atoms with Crippen LogP contribution >= 0.6 is 0 Å². The van der Waals surface area contributed by atoms with Crippen LogP contribution in [-0.4, -0.2) is 66.5 Å². The van der Waals surface area contributed by atoms with Gasteiger partial charge in [0.05, 0.1) is 0 Å². The van der Waals surface area contributed by atoms with Gasteiger partial charge in [0.25, 0.3) is 5.91 Å². The molecule has 0 atom stereocenters. The van der Waals surface area contributed by atoms with Crippen LogP contribution in [0.3, 0.4) is 0 Å². The second-order valence-corrected chi connectivity index (χ2v) is 6.94. The number of rotatable bonds is 4. The summed E-state index contributed by atoms with van der Waals surface area (Å²) in [4.78, 5) is 40.8. The second kappa shape index (κ2) is 6.91. The molecule has 0 radical (unpaired) electrons. The number of tetrazole rings is 1. The van der Waals surface area contributed by atoms with Crippen molar-refractivity contribution >= 4 is 23.8 Å². The predicted molar refractivity (Wildman–Crippen MR) is 96.3 cm³/mol. The molecule has 2 saturated heterocycles. The molecule has 11 nitrogen and oxygen atoms in total. The minimum atomic E-state index is -0.933. The zero-order valence-corrected chi connectivity index (χ0v) is 15.1. The lowest BCUT2D eigenvalue weighted by atomic mass is 9.85. The Labute approximate surface area is 160 Å². The number of hydrogen-bond acceptors (Lipinski definition) is 7. The highest BCUT2D eigenvalue weighted by atomic mass is 16.2. The molecule has 1 spiro atoms. The molecular weight excluding hydrogens is 364 g/mol. The number of aromatic nitrogens is 4. The van der Waals surface area contributed by atoms with Gasteiger partial charge in [0.2, 0.25) is 11.9 Å². The van der Waals surface area contributed by atoms with E-state index in [0.717, 1.165) is 5.56 Å². The maximum absolute atomic E-state index is 12.6. The van der Waals surface area contributed by atoms with Crippen LogP contribution in [-0.2, 0) is 22.7 Å². The zero-order chi connectivity index (χ0) is 19.7. The molecule has 2 aliphatic heterocycles. The summed E-state index contributed by atoms with van der Waals surface area (Å²) < 4.78 is 1.22. The van der Waals surface area contributed by atoms with Gasteiger partial charge >= 0.3 is 6.03 Å². The molecule has 3 N–H and O–H groups in total. The number of carbonyl (C=O) groups is 3. The van der Waals surface area contributed by atoms with Crippen molar-refractivity contribution in [3.63, 3.8) is 0 Å². The summed E-state index contributed by atoms with van der Waals surface area (Å²) in [7, 11) is 0. The summed E-state index contributed by atoms with van der Waals surface area (Å²) >= 11 is 0. The fourth-order valence-electron chi connectivity index (χ4n) is 3.76. The van der Waals surface area contributed by atoms with Crippen LogP contribution in [0.2, 0.25) is 0 Å². The van der Waals surface area contributed by atoms with E-state index in [2.05, 4.69) is 20.8 Å². The molecule has 2 fully saturated rings. The molecule has 4 amide bonds. The van der Waals surface area contributed by atoms with E-state index >= 15 is 0 Å². The number of piperidine rings is 1. The first-order chi connectivity index (χ1) is 13.5. The van der Waals surface area contributed by atoms with Gasteiger partial charge in [-0.05, 0) is 28.8 Å². The quantitative estimate of drug-likeness (QED) is 0.669. The molecule has 4 rings (SSSR count). The summed E-state index contributed by atoms with van der Waals surface area (Å²) in [5, 5.41) is 13.1. The van der Waals surface area contributed by atoms with Crippen LogP contribution < -0.4 is 11.1 Å². The number of carbonyl (C=O) groups excluding carboxylic acids is 3. The van der Waals surface area contributed by atoms with Crippen LogP contribution in [0, 0.1) is 0 Å². The first-order valence-electron chi connectivity index (χ1n) is 8.96. The van der Waals surface area contributed by atoms with Gasteiger partial charge in [-0.1, -0.05) is 35.4 Å². The molecule has 0 saturated carbocycles. The highest BCUT2D eigenvalue weighted by molar-refractivity contribution is 6.07. The van der Waals surface area contributed by atoms with Gasteiger partial charge in [-0.3, -0.25) is 14.9 Å². The lowest BCUT2D eigenvalue weighted by Gasteiger charge is -2.42. The van der Waals surface area contributed by atoms with E-state index in [1.165, 1.54) is 4.68 Å². The van der Waals surface area contributed by atoms with E-state index in [-0.39, 0.29) is 24.3 Å². The van der Waals surface area contributed by atoms with E-state index in [1.807, 2.05) is 30.3 Å². The maximum Gasteiger partial charge on any atom is 0.325 e. The average Bonchev–Trinajstić information content (AvgIpc) is 3.19. The highest BCUT2D eigenvalue weighted by Gasteiger charge is 2.54. The smallest absolute Gasteiger partial charge is 0.325 e. The minimum Gasteiger partial charge on any atom is -0.367 e. The van der Waals surface area contributed by atoms with Crippen LogP contribution in [0.4, 0.5) is 10.7 Å². The van der Waals surface area contributed by atoms with E-state index in [9.17, 15) is 14.4 Å². The van der Waals surface area contributed by atoms with Gasteiger partial charge < -0.3 is 15.5 Å². The standard InChI is InChI=1S/C17H20N8O3/c18-15-20-21-22-25(15)11-13(26)23-8-6-17(7-9-23)14(27)19-16(28)24(17)10-12-4-2-1-3-5-12/h1-5H,6-11H2,(H2,18,20,22)(H,19,27,28). The molecule has 0 bridgehead atoms. The summed E-state index contributed by atoms with van der Waals surface area (Å²) in [6.45, 7) is 0.984. The summed E-state index contributed by atoms with van der Waals surface area (Å²) in [6, 6.07) is 9.12. The molecule has 11 heteroatoms. The van der Waals surface area contributed by atoms with Crippen LogP contribution in [0.1, 0.15) is 18.4 Å². The monoisotopic (exact) mass is 384 g/mol. The molecule has 2 aromatic rings. The van der Waals surface area contributed by atoms with Gasteiger partial charge in [0.15, 0.2) is 0 Å². The Hall–Kier alpha value is -3.50. The van der Waals surface area contributed by atoms with Gasteiger partial charge in [0.1, 0.15) is 12.1 Å². The number of benzene rings is 1. The molecule has 146 valence electrons. The van der Waals surface area contributed by atoms with Crippen LogP contribution in [0.5, 0.6) is 0 Å². The number of amides is 4. The third kappa shape index (κ3) is 3.04. The lowest BCUT2D eigenvalue weighted by molar-refractivity contribution is -0.138. The van der Waals surface area contributed by atoms with Gasteiger partial charge in [-0.2, -0.15) is 0 Å². The fraction of sp³-hybridized carbons (Fsp3) is 0.412. The molecule has 1 aromatic heterocycles. The first-order valence-corrected chi connectivity index (χ1v) is 8.96. The minimum absolute atomic E-state index is 0.0648. The Morgan fingerprint density at radius 3 is 2.54 bits per heavy atom. The normalized spacial score (nSPS) is 18.6. The van der Waals surface area contributed by atoms with Crippen molar-refractivity contribution in [2.24, 2.45) is 0 Å². The summed E-state index contributed by atoms with van der Waals surface area (Å²) in [6.07, 6.45) is 0.739. The molecule has 1 aromatic carbocycles. The number of urea groups is 1. The van der Waals surface area contributed by atoms with Crippen molar-refractivity contribution in [2.75, 3.05) is 18.8 Å². The van der Waals surface area contributed by atoms with Crippen molar-refractivity contribution in [3.05, 3.63) is 35.9 Å². The van der Waals surface area contributed by atoms with Gasteiger partial charge in [-0.15, -0.1) is 0 Å². The van der Waals surface area contributed by atoms with E-state index in [0.29, 0.717) is 32.5 Å². The Bertz CT molecular complexity index is 904. The number of nitrogens with zero attached hydrogens (tertiary/aromatic N) is 6. The largest absolute Gasteiger partial charge is 0.367 e. The molecule has 3 heterocycles. The number of likely N-dealkylation sites (tertiary alicyclic amines) is 1. The van der Waals surface area contributed by atoms with E-state index in [4.69, 9.17) is 5.73 Å². The zero-order valence-electron chi connectivity index (χ0n) is 15.1. The Kier molecular flexibility index (Phi) is 4.41. The van der Waals surface area contributed by atoms with Crippen molar-refractivity contribution < 1.29 is 14.4 Å². The number of nitrogens with one attached hydrogen (secondary N) is 1. The Morgan fingerprint density at radius 2 is 1.89 bits per heavy atom. The van der Waals surface area contributed by atoms with Crippen molar-refractivity contribution in [1.29, 1.82) is 0 Å². The third-order valence-electron chi connectivity index (χ3n) is 5.38. The van der Waals surface area contributed by atoms with Gasteiger partial charge in [-0.25, -0.2) is 9.48 Å². The fourth-order valence-corrected chi connectivity index (χ4v) is 3.76. The number of hydrogen-bond donors (Lipinski definition) is 2. The number of nitrogen functional groups attached to an aromatic ring is 1. The maximum atomic E-state index is 12.6. The molecule has 0 unspecified atom stereocenters. The number of imide groups is 1. The van der Waals surface area contributed by atoms with E-state index in [1.54, 1.807) is 9.80 Å². The Balaban J connectivity index is 1.46. The highest BCUT2D eigenvalue weighted by Crippen LogP contribution is 2.34. The first kappa shape index (κ1) is 17.9. The van der Waals surface area contributed by atoms with Gasteiger partial charge in [0, 0.05) is 19.6 Å². The Morgan fingerprint density at radius 1 is 1.18 bits per heavy atom. The van der Waals surface area contributed by atoms with Crippen molar-refractivity contribution in [3.8, 4) is 0 Å². The van der Waals surface area contributed by atoms with Crippen LogP contribution in [0.25, 0.3) is 0 Å². The average molecular weight is 384 g/mol. The van der Waals surface area contributed by atoms with E-state index < -0.39 is 11.6 Å². The molecule has 2 aliphatic rings. The molecule has 0 aliphatic carbocycles. The lowest BCUT2D eigenvalue weighted by Crippen LogP contribution is -2.57. The number of anilines is 1. The molecule has 28 heavy (non-hydrogen) atoms. The topological polar surface area (TPSA) is 139 Å².